The molecular formula is C15H22N2O4S. The van der Waals surface area contributed by atoms with Crippen LogP contribution in [-0.4, -0.2) is 44.4 Å². The number of carbonyl (C=O) groups excluding carboxylic acids is 1. The van der Waals surface area contributed by atoms with E-state index < -0.39 is 10.0 Å². The average Bonchev–Trinajstić information content (AvgIpc) is 2.88. The highest BCUT2D eigenvalue weighted by Crippen LogP contribution is 2.26. The fraction of sp³-hybridized carbons (Fsp3) is 0.533. The SMILES string of the molecule is CCOC(=O)CCC1CN(S(=O)(=O)c2ccccc2)C[C@H]1N. The van der Waals surface area contributed by atoms with E-state index in [1.165, 1.54) is 4.31 Å². The molecule has 0 radical (unpaired) electrons. The van der Waals surface area contributed by atoms with Crippen LogP contribution < -0.4 is 5.73 Å². The van der Waals surface area contributed by atoms with Crippen molar-refractivity contribution in [3.05, 3.63) is 30.3 Å². The summed E-state index contributed by atoms with van der Waals surface area (Å²) in [6.07, 6.45) is 0.812. The molecule has 6 nitrogen and oxygen atoms in total. The Balaban J connectivity index is 2.00. The third kappa shape index (κ3) is 3.85. The van der Waals surface area contributed by atoms with Crippen LogP contribution in [0.1, 0.15) is 19.8 Å². The van der Waals surface area contributed by atoms with E-state index in [9.17, 15) is 13.2 Å². The van der Waals surface area contributed by atoms with Crippen molar-refractivity contribution in [3.63, 3.8) is 0 Å². The lowest BCUT2D eigenvalue weighted by molar-refractivity contribution is -0.143. The minimum absolute atomic E-state index is 0.0251. The number of benzene rings is 1. The molecule has 122 valence electrons. The number of carbonyl (C=O) groups is 1. The second-order valence-electron chi connectivity index (χ2n) is 5.40. The number of esters is 1. The zero-order valence-corrected chi connectivity index (χ0v) is 13.5. The van der Waals surface area contributed by atoms with Crippen molar-refractivity contribution in [1.82, 2.24) is 4.31 Å². The van der Waals surface area contributed by atoms with Gasteiger partial charge in [0.05, 0.1) is 11.5 Å². The molecule has 7 heteroatoms. The van der Waals surface area contributed by atoms with E-state index in [0.29, 0.717) is 19.6 Å². The van der Waals surface area contributed by atoms with E-state index >= 15 is 0 Å². The highest BCUT2D eigenvalue weighted by Gasteiger charge is 2.37. The zero-order chi connectivity index (χ0) is 16.2. The number of hydrogen-bond donors (Lipinski definition) is 1. The summed E-state index contributed by atoms with van der Waals surface area (Å²) in [6.45, 7) is 2.74. The van der Waals surface area contributed by atoms with Crippen molar-refractivity contribution in [2.24, 2.45) is 11.7 Å². The van der Waals surface area contributed by atoms with Crippen molar-refractivity contribution >= 4 is 16.0 Å². The highest BCUT2D eigenvalue weighted by atomic mass is 32.2. The van der Waals surface area contributed by atoms with Crippen LogP contribution in [-0.2, 0) is 19.6 Å². The minimum Gasteiger partial charge on any atom is -0.466 e. The number of nitrogens with two attached hydrogens (primary N) is 1. The van der Waals surface area contributed by atoms with E-state index in [2.05, 4.69) is 0 Å². The van der Waals surface area contributed by atoms with Gasteiger partial charge in [-0.2, -0.15) is 4.31 Å². The molecule has 1 aliphatic rings. The summed E-state index contributed by atoms with van der Waals surface area (Å²) >= 11 is 0. The van der Waals surface area contributed by atoms with E-state index in [4.69, 9.17) is 10.5 Å². The second-order valence-corrected chi connectivity index (χ2v) is 7.34. The molecule has 1 saturated heterocycles. The number of sulfonamides is 1. The zero-order valence-electron chi connectivity index (χ0n) is 12.6. The normalized spacial score (nSPS) is 22.6. The molecule has 0 saturated carbocycles. The van der Waals surface area contributed by atoms with Crippen LogP contribution in [0, 0.1) is 5.92 Å². The Labute approximate surface area is 131 Å². The molecule has 2 atom stereocenters. The van der Waals surface area contributed by atoms with Crippen LogP contribution in [0.2, 0.25) is 0 Å². The lowest BCUT2D eigenvalue weighted by Crippen LogP contribution is -2.32. The predicted octanol–water partition coefficient (Wildman–Crippen LogP) is 0.978. The molecule has 1 heterocycles. The first-order valence-corrected chi connectivity index (χ1v) is 8.85. The van der Waals surface area contributed by atoms with Crippen LogP contribution in [0.5, 0.6) is 0 Å². The molecule has 1 fully saturated rings. The molecule has 0 aromatic heterocycles. The lowest BCUT2D eigenvalue weighted by Gasteiger charge is -2.16. The third-order valence-corrected chi connectivity index (χ3v) is 5.71. The Morgan fingerprint density at radius 1 is 1.32 bits per heavy atom. The molecule has 0 spiro atoms. The van der Waals surface area contributed by atoms with E-state index in [1.54, 1.807) is 37.3 Å². The van der Waals surface area contributed by atoms with Gasteiger partial charge in [0, 0.05) is 25.6 Å². The molecule has 1 aromatic rings. The summed E-state index contributed by atoms with van der Waals surface area (Å²) in [7, 11) is -3.52. The van der Waals surface area contributed by atoms with Gasteiger partial charge in [0.25, 0.3) is 0 Å². The fourth-order valence-corrected chi connectivity index (χ4v) is 4.19. The van der Waals surface area contributed by atoms with Gasteiger partial charge in [0.1, 0.15) is 0 Å². The number of hydrogen-bond acceptors (Lipinski definition) is 5. The molecular weight excluding hydrogens is 304 g/mol. The standard InChI is InChI=1S/C15H22N2O4S/c1-2-21-15(18)9-8-12-10-17(11-14(12)16)22(19,20)13-6-4-3-5-7-13/h3-7,12,14H,2,8-11,16H2,1H3/t12?,14-/m1/s1. The van der Waals surface area contributed by atoms with Crippen LogP contribution in [0.3, 0.4) is 0 Å². The summed E-state index contributed by atoms with van der Waals surface area (Å²) in [5.74, 6) is -0.290. The van der Waals surface area contributed by atoms with Gasteiger partial charge in [0.15, 0.2) is 0 Å². The maximum atomic E-state index is 12.5. The first-order chi connectivity index (χ1) is 10.4. The Hall–Kier alpha value is -1.44. The van der Waals surface area contributed by atoms with Crippen LogP contribution in [0.4, 0.5) is 0 Å². The van der Waals surface area contributed by atoms with Gasteiger partial charge in [-0.05, 0) is 31.4 Å². The van der Waals surface area contributed by atoms with Gasteiger partial charge in [-0.25, -0.2) is 8.42 Å². The number of rotatable bonds is 6. The molecule has 0 amide bonds. The Morgan fingerprint density at radius 2 is 2.00 bits per heavy atom. The summed E-state index contributed by atoms with van der Waals surface area (Å²) in [5.41, 5.74) is 6.05. The summed E-state index contributed by atoms with van der Waals surface area (Å²) in [5, 5.41) is 0. The van der Waals surface area contributed by atoms with E-state index in [1.807, 2.05) is 0 Å². The summed E-state index contributed by atoms with van der Waals surface area (Å²) < 4.78 is 31.4. The molecule has 2 N–H and O–H groups in total. The third-order valence-electron chi connectivity index (χ3n) is 3.86. The lowest BCUT2D eigenvalue weighted by atomic mass is 9.99. The van der Waals surface area contributed by atoms with Gasteiger partial charge < -0.3 is 10.5 Å². The monoisotopic (exact) mass is 326 g/mol. The van der Waals surface area contributed by atoms with Crippen LogP contribution in [0.25, 0.3) is 0 Å². The quantitative estimate of drug-likeness (QED) is 0.787. The van der Waals surface area contributed by atoms with Gasteiger partial charge in [-0.15, -0.1) is 0 Å². The summed E-state index contributed by atoms with van der Waals surface area (Å²) in [4.78, 5) is 11.7. The van der Waals surface area contributed by atoms with Crippen molar-refractivity contribution < 1.29 is 17.9 Å². The Morgan fingerprint density at radius 3 is 2.64 bits per heavy atom. The second kappa shape index (κ2) is 7.21. The van der Waals surface area contributed by atoms with Gasteiger partial charge in [0.2, 0.25) is 10.0 Å². The predicted molar refractivity (Wildman–Crippen MR) is 82.5 cm³/mol. The molecule has 1 aromatic carbocycles. The molecule has 2 rings (SSSR count). The molecule has 1 aliphatic heterocycles. The number of nitrogens with zero attached hydrogens (tertiary/aromatic N) is 1. The van der Waals surface area contributed by atoms with Gasteiger partial charge in [-0.3, -0.25) is 4.79 Å². The van der Waals surface area contributed by atoms with Crippen molar-refractivity contribution in [2.45, 2.75) is 30.7 Å². The van der Waals surface area contributed by atoms with Crippen molar-refractivity contribution in [3.8, 4) is 0 Å². The topological polar surface area (TPSA) is 89.7 Å². The number of ether oxygens (including phenoxy) is 1. The molecule has 22 heavy (non-hydrogen) atoms. The maximum Gasteiger partial charge on any atom is 0.305 e. The van der Waals surface area contributed by atoms with Crippen LogP contribution >= 0.6 is 0 Å². The molecule has 0 aliphatic carbocycles. The van der Waals surface area contributed by atoms with Crippen LogP contribution in [0.15, 0.2) is 35.2 Å². The first kappa shape index (κ1) is 16.9. The summed E-state index contributed by atoms with van der Waals surface area (Å²) in [6, 6.07) is 8.06. The van der Waals surface area contributed by atoms with E-state index in [0.717, 1.165) is 0 Å². The Bertz CT molecular complexity index is 603. The largest absolute Gasteiger partial charge is 0.466 e. The fourth-order valence-electron chi connectivity index (χ4n) is 2.64. The first-order valence-electron chi connectivity index (χ1n) is 7.41. The molecule has 1 unspecified atom stereocenters. The average molecular weight is 326 g/mol. The minimum atomic E-state index is -3.52. The van der Waals surface area contributed by atoms with Gasteiger partial charge >= 0.3 is 5.97 Å². The Kier molecular flexibility index (Phi) is 5.55. The van der Waals surface area contributed by atoms with Crippen molar-refractivity contribution in [1.29, 1.82) is 0 Å². The molecule has 0 bridgehead atoms. The van der Waals surface area contributed by atoms with Crippen molar-refractivity contribution in [2.75, 3.05) is 19.7 Å². The van der Waals surface area contributed by atoms with E-state index in [-0.39, 0.29) is 35.8 Å². The van der Waals surface area contributed by atoms with Gasteiger partial charge in [-0.1, -0.05) is 18.2 Å². The maximum absolute atomic E-state index is 12.5. The smallest absolute Gasteiger partial charge is 0.305 e. The highest BCUT2D eigenvalue weighted by molar-refractivity contribution is 7.89.